The lowest BCUT2D eigenvalue weighted by Gasteiger charge is -2.24. The number of aromatic nitrogens is 5. The molecule has 0 atom stereocenters. The molecular formula is C17H15N5. The first kappa shape index (κ1) is 11.9. The molecule has 4 heterocycles. The molecule has 0 radical (unpaired) electrons. The summed E-state index contributed by atoms with van der Waals surface area (Å²) >= 11 is 0. The van der Waals surface area contributed by atoms with Crippen LogP contribution in [0.3, 0.4) is 0 Å². The Morgan fingerprint density at radius 3 is 3.00 bits per heavy atom. The van der Waals surface area contributed by atoms with Crippen LogP contribution in [0.2, 0.25) is 0 Å². The second-order valence-corrected chi connectivity index (χ2v) is 5.93. The fourth-order valence-corrected chi connectivity index (χ4v) is 3.13. The number of aromatic amines is 1. The van der Waals surface area contributed by atoms with E-state index in [0.717, 1.165) is 27.9 Å². The largest absolute Gasteiger partial charge is 0.345 e. The summed E-state index contributed by atoms with van der Waals surface area (Å²) in [5.41, 5.74) is 5.03. The summed E-state index contributed by atoms with van der Waals surface area (Å²) in [6.45, 7) is 0. The number of nitrogens with zero attached hydrogens (tertiary/aromatic N) is 4. The highest BCUT2D eigenvalue weighted by molar-refractivity contribution is 5.92. The molecule has 0 saturated heterocycles. The van der Waals surface area contributed by atoms with E-state index < -0.39 is 0 Å². The molecule has 1 N–H and O–H groups in total. The van der Waals surface area contributed by atoms with Gasteiger partial charge in [0, 0.05) is 47.3 Å². The van der Waals surface area contributed by atoms with E-state index in [1.54, 1.807) is 12.4 Å². The molecule has 0 spiro atoms. The third-order valence-electron chi connectivity index (χ3n) is 4.64. The van der Waals surface area contributed by atoms with Gasteiger partial charge in [-0.05, 0) is 25.0 Å². The van der Waals surface area contributed by atoms with E-state index in [4.69, 9.17) is 4.98 Å². The van der Waals surface area contributed by atoms with E-state index in [-0.39, 0.29) is 0 Å². The van der Waals surface area contributed by atoms with Gasteiger partial charge >= 0.3 is 0 Å². The van der Waals surface area contributed by atoms with Crippen molar-refractivity contribution >= 4 is 16.7 Å². The smallest absolute Gasteiger partial charge is 0.155 e. The van der Waals surface area contributed by atoms with Gasteiger partial charge in [0.1, 0.15) is 5.65 Å². The van der Waals surface area contributed by atoms with Crippen LogP contribution in [0, 0.1) is 0 Å². The van der Waals surface area contributed by atoms with Crippen LogP contribution >= 0.6 is 0 Å². The van der Waals surface area contributed by atoms with Crippen molar-refractivity contribution < 1.29 is 0 Å². The number of hydrogen-bond donors (Lipinski definition) is 1. The molecule has 0 unspecified atom stereocenters. The fourth-order valence-electron chi connectivity index (χ4n) is 3.13. The SMILES string of the molecule is c1cn2cc(-c3c[nH]c4nc(C5CCC5)ccc34)ncc2n1. The Morgan fingerprint density at radius 2 is 2.14 bits per heavy atom. The van der Waals surface area contributed by atoms with E-state index in [1.807, 2.05) is 23.0 Å². The maximum Gasteiger partial charge on any atom is 0.155 e. The first-order valence-corrected chi connectivity index (χ1v) is 7.65. The minimum Gasteiger partial charge on any atom is -0.345 e. The van der Waals surface area contributed by atoms with Gasteiger partial charge in [0.15, 0.2) is 5.65 Å². The third kappa shape index (κ3) is 1.68. The number of nitrogens with one attached hydrogen (secondary N) is 1. The lowest BCUT2D eigenvalue weighted by molar-refractivity contribution is 0.412. The predicted octanol–water partition coefficient (Wildman–Crippen LogP) is 3.54. The topological polar surface area (TPSA) is 58.9 Å². The van der Waals surface area contributed by atoms with Crippen LogP contribution in [0.15, 0.2) is 43.1 Å². The molecule has 0 bridgehead atoms. The Bertz CT molecular complexity index is 977. The van der Waals surface area contributed by atoms with Crippen molar-refractivity contribution in [3.8, 4) is 11.3 Å². The highest BCUT2D eigenvalue weighted by Gasteiger charge is 2.21. The zero-order chi connectivity index (χ0) is 14.5. The molecule has 1 fully saturated rings. The number of fused-ring (bicyclic) bond motifs is 2. The normalized spacial score (nSPS) is 15.5. The molecule has 1 aliphatic carbocycles. The number of pyridine rings is 1. The van der Waals surface area contributed by atoms with Crippen molar-refractivity contribution in [2.75, 3.05) is 0 Å². The lowest BCUT2D eigenvalue weighted by atomic mass is 9.82. The second kappa shape index (κ2) is 4.40. The zero-order valence-corrected chi connectivity index (χ0v) is 12.0. The number of imidazole rings is 1. The van der Waals surface area contributed by atoms with Crippen LogP contribution in [0.25, 0.3) is 27.9 Å². The molecule has 1 saturated carbocycles. The number of rotatable bonds is 2. The summed E-state index contributed by atoms with van der Waals surface area (Å²) < 4.78 is 1.98. The van der Waals surface area contributed by atoms with Gasteiger partial charge in [-0.2, -0.15) is 0 Å². The lowest BCUT2D eigenvalue weighted by Crippen LogP contribution is -2.10. The average molecular weight is 289 g/mol. The number of H-pyrrole nitrogens is 1. The van der Waals surface area contributed by atoms with E-state index in [1.165, 1.54) is 25.0 Å². The van der Waals surface area contributed by atoms with Crippen LogP contribution in [-0.2, 0) is 0 Å². The fraction of sp³-hybridized carbons (Fsp3) is 0.235. The Hall–Kier alpha value is -2.69. The van der Waals surface area contributed by atoms with E-state index >= 15 is 0 Å². The molecule has 108 valence electrons. The van der Waals surface area contributed by atoms with Gasteiger partial charge in [-0.1, -0.05) is 6.42 Å². The molecular weight excluding hydrogens is 274 g/mol. The van der Waals surface area contributed by atoms with Crippen LogP contribution in [-0.4, -0.2) is 24.3 Å². The van der Waals surface area contributed by atoms with Gasteiger partial charge in [-0.25, -0.2) is 9.97 Å². The monoisotopic (exact) mass is 289 g/mol. The van der Waals surface area contributed by atoms with Gasteiger partial charge in [-0.3, -0.25) is 4.98 Å². The maximum atomic E-state index is 4.79. The van der Waals surface area contributed by atoms with Crippen molar-refractivity contribution in [2.45, 2.75) is 25.2 Å². The summed E-state index contributed by atoms with van der Waals surface area (Å²) in [5, 5.41) is 1.12. The second-order valence-electron chi connectivity index (χ2n) is 5.93. The van der Waals surface area contributed by atoms with Crippen molar-refractivity contribution in [2.24, 2.45) is 0 Å². The van der Waals surface area contributed by atoms with Crippen molar-refractivity contribution in [1.29, 1.82) is 0 Å². The van der Waals surface area contributed by atoms with Crippen molar-refractivity contribution in [3.05, 3.63) is 48.8 Å². The quantitative estimate of drug-likeness (QED) is 0.614. The van der Waals surface area contributed by atoms with Crippen LogP contribution < -0.4 is 0 Å². The van der Waals surface area contributed by atoms with Crippen LogP contribution in [0.5, 0.6) is 0 Å². The summed E-state index contributed by atoms with van der Waals surface area (Å²) in [7, 11) is 0. The average Bonchev–Trinajstić information content (AvgIpc) is 3.10. The summed E-state index contributed by atoms with van der Waals surface area (Å²) in [4.78, 5) is 16.8. The molecule has 0 aromatic carbocycles. The third-order valence-corrected chi connectivity index (χ3v) is 4.64. The molecule has 5 heteroatoms. The van der Waals surface area contributed by atoms with E-state index in [0.29, 0.717) is 5.92 Å². The Kier molecular flexibility index (Phi) is 2.38. The summed E-state index contributed by atoms with van der Waals surface area (Å²) in [6, 6.07) is 4.33. The first-order chi connectivity index (χ1) is 10.9. The molecule has 0 aliphatic heterocycles. The summed E-state index contributed by atoms with van der Waals surface area (Å²) in [6.07, 6.45) is 13.4. The summed E-state index contributed by atoms with van der Waals surface area (Å²) in [5.74, 6) is 0.650. The van der Waals surface area contributed by atoms with Crippen LogP contribution in [0.1, 0.15) is 30.9 Å². The van der Waals surface area contributed by atoms with Gasteiger partial charge < -0.3 is 9.38 Å². The highest BCUT2D eigenvalue weighted by Crippen LogP contribution is 2.36. The van der Waals surface area contributed by atoms with E-state index in [9.17, 15) is 0 Å². The van der Waals surface area contributed by atoms with Gasteiger partial charge in [-0.15, -0.1) is 0 Å². The van der Waals surface area contributed by atoms with Gasteiger partial charge in [0.2, 0.25) is 0 Å². The van der Waals surface area contributed by atoms with Gasteiger partial charge in [0.25, 0.3) is 0 Å². The molecule has 4 aromatic rings. The Morgan fingerprint density at radius 1 is 1.18 bits per heavy atom. The minimum atomic E-state index is 0.650. The molecule has 4 aromatic heterocycles. The number of hydrogen-bond acceptors (Lipinski definition) is 3. The predicted molar refractivity (Wildman–Crippen MR) is 84.7 cm³/mol. The van der Waals surface area contributed by atoms with Gasteiger partial charge in [0.05, 0.1) is 11.9 Å². The molecule has 5 nitrogen and oxygen atoms in total. The molecule has 22 heavy (non-hydrogen) atoms. The van der Waals surface area contributed by atoms with E-state index in [2.05, 4.69) is 27.1 Å². The highest BCUT2D eigenvalue weighted by atomic mass is 15.0. The Balaban J connectivity index is 1.64. The molecule has 5 rings (SSSR count). The minimum absolute atomic E-state index is 0.650. The standard InChI is InChI=1S/C17H15N5/c1-2-11(3-1)14-5-4-12-13(8-20-17(12)21-14)15-10-22-7-6-18-16(22)9-19-15/h4-11H,1-3H2,(H,20,21). The maximum absolute atomic E-state index is 4.79. The van der Waals surface area contributed by atoms with Crippen molar-refractivity contribution in [3.63, 3.8) is 0 Å². The first-order valence-electron chi connectivity index (χ1n) is 7.65. The molecule has 0 amide bonds. The molecule has 1 aliphatic rings. The zero-order valence-electron chi connectivity index (χ0n) is 12.0. The van der Waals surface area contributed by atoms with Crippen LogP contribution in [0.4, 0.5) is 0 Å². The Labute approximate surface area is 127 Å². The van der Waals surface area contributed by atoms with Crippen molar-refractivity contribution in [1.82, 2.24) is 24.3 Å².